The standard InChI is InChI=1S/C29H23F5N6O2S/c1-18(2)23-5-3-4-6-24(23)40-25(41)16-43-27(40)37-36-15-19-7-9-20(10-8-19)26-35-17-39(38-26)21-11-13-22(14-12-21)42-29(33,34)28(30,31)32/h3-15,17-18H,16H2,1-2H3/b36-15+,37-27+. The fourth-order valence-corrected chi connectivity index (χ4v) is 4.92. The van der Waals surface area contributed by atoms with Crippen molar-refractivity contribution < 1.29 is 31.5 Å². The molecule has 3 aromatic carbocycles. The molecule has 1 aliphatic rings. The molecule has 0 unspecified atom stereocenters. The van der Waals surface area contributed by atoms with E-state index in [-0.39, 0.29) is 17.6 Å². The summed E-state index contributed by atoms with van der Waals surface area (Å²) in [6.07, 6.45) is -8.21. The van der Waals surface area contributed by atoms with Crippen LogP contribution in [-0.4, -0.2) is 50.1 Å². The van der Waals surface area contributed by atoms with Crippen molar-refractivity contribution in [2.75, 3.05) is 10.7 Å². The Morgan fingerprint density at radius 3 is 2.35 bits per heavy atom. The van der Waals surface area contributed by atoms with Crippen LogP contribution in [0.25, 0.3) is 17.1 Å². The number of nitrogens with zero attached hydrogens (tertiary/aromatic N) is 6. The number of alkyl halides is 5. The van der Waals surface area contributed by atoms with Gasteiger partial charge in [0.05, 0.1) is 23.3 Å². The third kappa shape index (κ3) is 6.58. The highest BCUT2D eigenvalue weighted by molar-refractivity contribution is 8.15. The van der Waals surface area contributed by atoms with E-state index in [4.69, 9.17) is 0 Å². The highest BCUT2D eigenvalue weighted by Gasteiger charge is 2.61. The lowest BCUT2D eigenvalue weighted by atomic mass is 10.0. The molecule has 0 radical (unpaired) electrons. The van der Waals surface area contributed by atoms with Gasteiger partial charge in [0.1, 0.15) is 12.1 Å². The Morgan fingerprint density at radius 2 is 1.67 bits per heavy atom. The van der Waals surface area contributed by atoms with Gasteiger partial charge >= 0.3 is 12.3 Å². The Balaban J connectivity index is 1.26. The van der Waals surface area contributed by atoms with E-state index in [2.05, 4.69) is 38.9 Å². The largest absolute Gasteiger partial charge is 0.499 e. The highest BCUT2D eigenvalue weighted by atomic mass is 32.2. The maximum atomic E-state index is 13.1. The number of carbonyl (C=O) groups excluding carboxylic acids is 1. The normalized spacial score (nSPS) is 15.3. The summed E-state index contributed by atoms with van der Waals surface area (Å²) in [4.78, 5) is 18.5. The summed E-state index contributed by atoms with van der Waals surface area (Å²) in [5.74, 6) is 0.145. The minimum atomic E-state index is -5.83. The number of hydrogen-bond acceptors (Lipinski definition) is 7. The van der Waals surface area contributed by atoms with Gasteiger partial charge in [0.2, 0.25) is 5.91 Å². The summed E-state index contributed by atoms with van der Waals surface area (Å²) in [6, 6.07) is 19.3. The molecular weight excluding hydrogens is 591 g/mol. The number of amidine groups is 1. The molecular formula is C29H23F5N6O2S. The van der Waals surface area contributed by atoms with Crippen molar-refractivity contribution in [2.45, 2.75) is 32.1 Å². The van der Waals surface area contributed by atoms with E-state index in [0.717, 1.165) is 28.9 Å². The number of carbonyl (C=O) groups is 1. The number of benzene rings is 3. The van der Waals surface area contributed by atoms with Gasteiger partial charge in [-0.2, -0.15) is 27.1 Å². The lowest BCUT2D eigenvalue weighted by Gasteiger charge is -2.20. The van der Waals surface area contributed by atoms with Crippen molar-refractivity contribution in [1.82, 2.24) is 14.8 Å². The van der Waals surface area contributed by atoms with Gasteiger partial charge in [-0.3, -0.25) is 9.69 Å². The van der Waals surface area contributed by atoms with Gasteiger partial charge in [-0.1, -0.05) is 68.1 Å². The quantitative estimate of drug-likeness (QED) is 0.121. The van der Waals surface area contributed by atoms with E-state index >= 15 is 0 Å². The highest BCUT2D eigenvalue weighted by Crippen LogP contribution is 2.37. The average molecular weight is 615 g/mol. The van der Waals surface area contributed by atoms with Gasteiger partial charge in [0, 0.05) is 5.56 Å². The predicted octanol–water partition coefficient (Wildman–Crippen LogP) is 7.06. The maximum absolute atomic E-state index is 13.1. The van der Waals surface area contributed by atoms with Crippen molar-refractivity contribution in [3.8, 4) is 22.8 Å². The predicted molar refractivity (Wildman–Crippen MR) is 154 cm³/mol. The summed E-state index contributed by atoms with van der Waals surface area (Å²) in [7, 11) is 0. The number of hydrogen-bond donors (Lipinski definition) is 0. The van der Waals surface area contributed by atoms with E-state index in [9.17, 15) is 26.7 Å². The van der Waals surface area contributed by atoms with Crippen molar-refractivity contribution in [1.29, 1.82) is 0 Å². The molecule has 0 saturated carbocycles. The SMILES string of the molecule is CC(C)c1ccccc1N1C(=O)CS/C1=N/N=C/c1ccc(-c2ncn(-c3ccc(OC(F)(F)C(F)(F)F)cc3)n2)cc1. The van der Waals surface area contributed by atoms with Crippen molar-refractivity contribution in [3.63, 3.8) is 0 Å². The first-order valence-electron chi connectivity index (χ1n) is 12.8. The fourth-order valence-electron chi connectivity index (χ4n) is 4.11. The molecule has 1 aliphatic heterocycles. The second-order valence-electron chi connectivity index (χ2n) is 9.60. The van der Waals surface area contributed by atoms with E-state index in [1.54, 1.807) is 35.4 Å². The first-order valence-corrected chi connectivity index (χ1v) is 13.8. The van der Waals surface area contributed by atoms with Gasteiger partial charge in [-0.15, -0.1) is 10.2 Å². The Morgan fingerprint density at radius 1 is 0.977 bits per heavy atom. The van der Waals surface area contributed by atoms with E-state index in [1.165, 1.54) is 34.9 Å². The Bertz CT molecular complexity index is 1670. The zero-order valence-electron chi connectivity index (χ0n) is 22.7. The van der Waals surface area contributed by atoms with Gasteiger partial charge in [-0.25, -0.2) is 9.67 Å². The van der Waals surface area contributed by atoms with Crippen LogP contribution in [0.4, 0.5) is 27.6 Å². The minimum absolute atomic E-state index is 0.0596. The average Bonchev–Trinajstić information content (AvgIpc) is 3.60. The Hall–Kier alpha value is -4.59. The molecule has 5 rings (SSSR count). The van der Waals surface area contributed by atoms with Gasteiger partial charge < -0.3 is 4.74 Å². The van der Waals surface area contributed by atoms with Gasteiger partial charge in [-0.05, 0) is 47.4 Å². The summed E-state index contributed by atoms with van der Waals surface area (Å²) < 4.78 is 68.5. The molecule has 2 heterocycles. The molecule has 0 spiro atoms. The molecule has 0 aliphatic carbocycles. The molecule has 4 aromatic rings. The first-order chi connectivity index (χ1) is 20.4. The monoisotopic (exact) mass is 614 g/mol. The smallest absolute Gasteiger partial charge is 0.426 e. The maximum Gasteiger partial charge on any atom is 0.499 e. The van der Waals surface area contributed by atoms with Crippen LogP contribution >= 0.6 is 11.8 Å². The van der Waals surface area contributed by atoms with Crippen LogP contribution in [-0.2, 0) is 4.79 Å². The summed E-state index contributed by atoms with van der Waals surface area (Å²) in [6.45, 7) is 4.13. The topological polar surface area (TPSA) is 85.0 Å². The first kappa shape index (κ1) is 29.9. The summed E-state index contributed by atoms with van der Waals surface area (Å²) >= 11 is 1.32. The van der Waals surface area contributed by atoms with Gasteiger partial charge in [0.25, 0.3) is 0 Å². The van der Waals surface area contributed by atoms with Crippen LogP contribution < -0.4 is 9.64 Å². The van der Waals surface area contributed by atoms with Crippen LogP contribution in [0.3, 0.4) is 0 Å². The van der Waals surface area contributed by atoms with Crippen molar-refractivity contribution >= 4 is 34.7 Å². The third-order valence-corrected chi connectivity index (χ3v) is 7.17. The van der Waals surface area contributed by atoms with Gasteiger partial charge in [0.15, 0.2) is 11.0 Å². The number of thioether (sulfide) groups is 1. The van der Waals surface area contributed by atoms with Crippen LogP contribution in [0, 0.1) is 0 Å². The zero-order chi connectivity index (χ0) is 30.8. The molecule has 1 saturated heterocycles. The number of amides is 1. The lowest BCUT2D eigenvalue weighted by Crippen LogP contribution is -2.41. The molecule has 222 valence electrons. The van der Waals surface area contributed by atoms with Crippen LogP contribution in [0.2, 0.25) is 0 Å². The lowest BCUT2D eigenvalue weighted by molar-refractivity contribution is -0.360. The minimum Gasteiger partial charge on any atom is -0.426 e. The second-order valence-corrected chi connectivity index (χ2v) is 10.5. The molecule has 1 amide bonds. The molecule has 43 heavy (non-hydrogen) atoms. The van der Waals surface area contributed by atoms with Crippen LogP contribution in [0.1, 0.15) is 30.9 Å². The van der Waals surface area contributed by atoms with Crippen molar-refractivity contribution in [3.05, 3.63) is 90.3 Å². The molecule has 8 nitrogen and oxygen atoms in total. The molecule has 0 atom stereocenters. The van der Waals surface area contributed by atoms with E-state index in [0.29, 0.717) is 22.2 Å². The summed E-state index contributed by atoms with van der Waals surface area (Å²) in [5, 5.41) is 13.3. The van der Waals surface area contributed by atoms with E-state index in [1.807, 2.05) is 24.3 Å². The second kappa shape index (κ2) is 12.0. The molecule has 0 bridgehead atoms. The number of rotatable bonds is 8. The zero-order valence-corrected chi connectivity index (χ0v) is 23.5. The molecule has 1 aromatic heterocycles. The van der Waals surface area contributed by atoms with E-state index < -0.39 is 18.0 Å². The van der Waals surface area contributed by atoms with Crippen LogP contribution in [0.15, 0.2) is 89.3 Å². The third-order valence-electron chi connectivity index (χ3n) is 6.25. The number of para-hydroxylation sites is 1. The summed E-state index contributed by atoms with van der Waals surface area (Å²) in [5.41, 5.74) is 3.61. The van der Waals surface area contributed by atoms with Crippen molar-refractivity contribution in [2.24, 2.45) is 10.2 Å². The fraction of sp³-hybridized carbons (Fsp3) is 0.207. The molecule has 0 N–H and O–H groups in total. The van der Waals surface area contributed by atoms with Crippen LogP contribution in [0.5, 0.6) is 5.75 Å². The Labute approximate surface area is 246 Å². The number of ether oxygens (including phenoxy) is 1. The number of halogens is 5. The number of aromatic nitrogens is 3. The Kier molecular flexibility index (Phi) is 8.31. The molecule has 14 heteroatoms. The number of anilines is 1. The molecule has 1 fully saturated rings.